The van der Waals surface area contributed by atoms with Crippen LogP contribution in [-0.4, -0.2) is 35.9 Å². The molecule has 0 radical (unpaired) electrons. The minimum atomic E-state index is -1.48. The first kappa shape index (κ1) is 16.7. The number of ketones is 1. The lowest BCUT2D eigenvalue weighted by Crippen LogP contribution is -2.07. The van der Waals surface area contributed by atoms with Crippen molar-refractivity contribution in [1.82, 2.24) is 14.8 Å². The Labute approximate surface area is 144 Å². The van der Waals surface area contributed by atoms with E-state index in [2.05, 4.69) is 10.2 Å². The number of benzene rings is 2. The van der Waals surface area contributed by atoms with Gasteiger partial charge < -0.3 is 0 Å². The number of hydrogen-bond donors (Lipinski definition) is 0. The molecule has 0 spiro atoms. The average molecular weight is 356 g/mol. The first-order valence-corrected chi connectivity index (χ1v) is 8.67. The topological polar surface area (TPSA) is 108 Å². The van der Waals surface area contributed by atoms with Gasteiger partial charge in [0, 0.05) is 23.4 Å². The molecule has 0 amide bonds. The first-order chi connectivity index (χ1) is 12.0. The van der Waals surface area contributed by atoms with Gasteiger partial charge in [-0.2, -0.15) is 0 Å². The molecule has 0 fully saturated rings. The molecule has 1 heterocycles. The van der Waals surface area contributed by atoms with Crippen LogP contribution in [0.1, 0.15) is 15.9 Å². The fraction of sp³-hybridized carbons (Fsp3) is 0.0625. The largest absolute Gasteiger partial charge is 0.294 e. The lowest BCUT2D eigenvalue weighted by molar-refractivity contribution is -0.384. The fourth-order valence-corrected chi connectivity index (χ4v) is 2.94. The van der Waals surface area contributed by atoms with E-state index in [1.807, 2.05) is 0 Å². The highest BCUT2D eigenvalue weighted by molar-refractivity contribution is 7.84. The molecule has 0 N–H and O–H groups in total. The van der Waals surface area contributed by atoms with Crippen molar-refractivity contribution in [3.05, 3.63) is 76.1 Å². The van der Waals surface area contributed by atoms with Gasteiger partial charge in [-0.05, 0) is 12.1 Å². The number of carbonyl (C=O) groups excluding carboxylic acids is 1. The standard InChI is InChI=1S/C16H12N4O4S/c1-25(24)16-18-17-10-19(16)13-8-7-12(9-14(13)20(22)23)15(21)11-5-3-2-4-6-11/h2-10H,1H3. The van der Waals surface area contributed by atoms with Crippen molar-refractivity contribution in [2.24, 2.45) is 0 Å². The molecule has 0 aliphatic carbocycles. The molecule has 0 saturated heterocycles. The van der Waals surface area contributed by atoms with E-state index in [1.54, 1.807) is 30.3 Å². The van der Waals surface area contributed by atoms with Crippen LogP contribution in [0, 0.1) is 10.1 Å². The van der Waals surface area contributed by atoms with Crippen molar-refractivity contribution in [3.63, 3.8) is 0 Å². The Bertz CT molecular complexity index is 985. The Morgan fingerprint density at radius 3 is 2.52 bits per heavy atom. The van der Waals surface area contributed by atoms with Crippen molar-refractivity contribution in [2.75, 3.05) is 6.26 Å². The summed E-state index contributed by atoms with van der Waals surface area (Å²) < 4.78 is 13.0. The highest BCUT2D eigenvalue weighted by Gasteiger charge is 2.22. The number of nitrogens with zero attached hydrogens (tertiary/aromatic N) is 4. The van der Waals surface area contributed by atoms with E-state index in [0.29, 0.717) is 5.56 Å². The Hall–Kier alpha value is -3.20. The van der Waals surface area contributed by atoms with Gasteiger partial charge in [-0.3, -0.25) is 23.7 Å². The summed E-state index contributed by atoms with van der Waals surface area (Å²) in [7, 11) is -1.48. The van der Waals surface area contributed by atoms with Crippen molar-refractivity contribution in [1.29, 1.82) is 0 Å². The van der Waals surface area contributed by atoms with E-state index in [1.165, 1.54) is 35.3 Å². The molecule has 2 aromatic carbocycles. The number of nitro groups is 1. The molecule has 3 rings (SSSR count). The quantitative estimate of drug-likeness (QED) is 0.394. The van der Waals surface area contributed by atoms with E-state index in [0.717, 1.165) is 0 Å². The maximum Gasteiger partial charge on any atom is 0.294 e. The summed E-state index contributed by atoms with van der Waals surface area (Å²) in [5, 5.41) is 18.9. The van der Waals surface area contributed by atoms with Gasteiger partial charge in [0.15, 0.2) is 5.78 Å². The van der Waals surface area contributed by atoms with Crippen LogP contribution in [0.5, 0.6) is 0 Å². The number of aromatic nitrogens is 3. The van der Waals surface area contributed by atoms with Crippen molar-refractivity contribution in [3.8, 4) is 5.69 Å². The molecule has 3 aromatic rings. The van der Waals surface area contributed by atoms with E-state index >= 15 is 0 Å². The summed E-state index contributed by atoms with van der Waals surface area (Å²) in [6, 6.07) is 12.6. The predicted molar refractivity (Wildman–Crippen MR) is 90.2 cm³/mol. The Balaban J connectivity index is 2.11. The zero-order valence-corrected chi connectivity index (χ0v) is 13.8. The molecule has 8 nitrogen and oxygen atoms in total. The summed E-state index contributed by atoms with van der Waals surface area (Å²) in [6.07, 6.45) is 2.65. The lowest BCUT2D eigenvalue weighted by atomic mass is 10.0. The predicted octanol–water partition coefficient (Wildman–Crippen LogP) is 2.14. The summed E-state index contributed by atoms with van der Waals surface area (Å²) in [4.78, 5) is 23.4. The SMILES string of the molecule is CS(=O)c1nncn1-c1ccc(C(=O)c2ccccc2)cc1[N+](=O)[O-]. The van der Waals surface area contributed by atoms with E-state index in [9.17, 15) is 19.1 Å². The summed E-state index contributed by atoms with van der Waals surface area (Å²) in [5.41, 5.74) is 0.469. The van der Waals surface area contributed by atoms with Gasteiger partial charge in [0.05, 0.1) is 15.7 Å². The van der Waals surface area contributed by atoms with Crippen molar-refractivity contribution < 1.29 is 13.9 Å². The normalized spacial score (nSPS) is 11.9. The first-order valence-electron chi connectivity index (χ1n) is 7.11. The molecule has 9 heteroatoms. The second kappa shape index (κ2) is 6.73. The summed E-state index contributed by atoms with van der Waals surface area (Å²) in [6.45, 7) is 0. The maximum absolute atomic E-state index is 12.5. The smallest absolute Gasteiger partial charge is 0.289 e. The number of rotatable bonds is 5. The highest BCUT2D eigenvalue weighted by atomic mass is 32.2. The van der Waals surface area contributed by atoms with Crippen LogP contribution in [0.4, 0.5) is 5.69 Å². The van der Waals surface area contributed by atoms with Crippen LogP contribution < -0.4 is 0 Å². The second-order valence-electron chi connectivity index (χ2n) is 5.09. The van der Waals surface area contributed by atoms with E-state index < -0.39 is 15.7 Å². The molecule has 0 bridgehead atoms. The van der Waals surface area contributed by atoms with Gasteiger partial charge in [-0.1, -0.05) is 30.3 Å². The number of carbonyl (C=O) groups is 1. The molecular weight excluding hydrogens is 344 g/mol. The third-order valence-corrected chi connectivity index (χ3v) is 4.30. The van der Waals surface area contributed by atoms with Crippen molar-refractivity contribution in [2.45, 2.75) is 5.16 Å². The van der Waals surface area contributed by atoms with Crippen LogP contribution in [0.15, 0.2) is 60.0 Å². The third-order valence-electron chi connectivity index (χ3n) is 3.50. The third kappa shape index (κ3) is 3.22. The molecule has 126 valence electrons. The Morgan fingerprint density at radius 2 is 1.88 bits per heavy atom. The monoisotopic (exact) mass is 356 g/mol. The summed E-state index contributed by atoms with van der Waals surface area (Å²) in [5.74, 6) is -0.321. The number of nitro benzene ring substituents is 1. The van der Waals surface area contributed by atoms with Crippen LogP contribution in [0.3, 0.4) is 0 Å². The fourth-order valence-electron chi connectivity index (χ4n) is 2.36. The van der Waals surface area contributed by atoms with E-state index in [-0.39, 0.29) is 27.9 Å². The average Bonchev–Trinajstić information content (AvgIpc) is 3.11. The van der Waals surface area contributed by atoms with Gasteiger partial charge >= 0.3 is 0 Å². The maximum atomic E-state index is 12.5. The lowest BCUT2D eigenvalue weighted by Gasteiger charge is -2.08. The molecule has 1 aromatic heterocycles. The van der Waals surface area contributed by atoms with Gasteiger partial charge in [0.2, 0.25) is 5.16 Å². The number of hydrogen-bond acceptors (Lipinski definition) is 6. The van der Waals surface area contributed by atoms with Crippen LogP contribution >= 0.6 is 0 Å². The van der Waals surface area contributed by atoms with Crippen LogP contribution in [-0.2, 0) is 10.8 Å². The van der Waals surface area contributed by atoms with Gasteiger partial charge in [0.1, 0.15) is 12.0 Å². The molecule has 0 aliphatic rings. The minimum absolute atomic E-state index is 0.0882. The van der Waals surface area contributed by atoms with Crippen LogP contribution in [0.25, 0.3) is 5.69 Å². The molecular formula is C16H12N4O4S. The molecule has 1 unspecified atom stereocenters. The Morgan fingerprint density at radius 1 is 1.16 bits per heavy atom. The van der Waals surface area contributed by atoms with Crippen LogP contribution in [0.2, 0.25) is 0 Å². The minimum Gasteiger partial charge on any atom is -0.289 e. The molecule has 25 heavy (non-hydrogen) atoms. The molecule has 0 saturated carbocycles. The molecule has 0 aliphatic heterocycles. The Kier molecular flexibility index (Phi) is 4.48. The van der Waals surface area contributed by atoms with Gasteiger partial charge in [-0.25, -0.2) is 0 Å². The zero-order valence-electron chi connectivity index (χ0n) is 13.0. The zero-order chi connectivity index (χ0) is 18.0. The molecule has 1 atom stereocenters. The van der Waals surface area contributed by atoms with Gasteiger partial charge in [-0.15, -0.1) is 10.2 Å². The second-order valence-corrected chi connectivity index (χ2v) is 6.37. The van der Waals surface area contributed by atoms with E-state index in [4.69, 9.17) is 0 Å². The van der Waals surface area contributed by atoms with Crippen molar-refractivity contribution >= 4 is 22.3 Å². The summed E-state index contributed by atoms with van der Waals surface area (Å²) >= 11 is 0. The van der Waals surface area contributed by atoms with Gasteiger partial charge in [0.25, 0.3) is 5.69 Å². The highest BCUT2D eigenvalue weighted by Crippen LogP contribution is 2.26.